The van der Waals surface area contributed by atoms with Crippen LogP contribution < -0.4 is 5.46 Å². The summed E-state index contributed by atoms with van der Waals surface area (Å²) in [6, 6.07) is 23.7. The van der Waals surface area contributed by atoms with Crippen LogP contribution in [0.1, 0.15) is 45.9 Å². The van der Waals surface area contributed by atoms with E-state index in [-0.39, 0.29) is 0 Å². The SMILES string of the molecule is CC1C=Cc2oc3cc(B4OC(C)(C)C(C)(C)O4)cc(-c4ccc5oc6cc7ccccc7cc6c5c4)c3c2C1. The Labute approximate surface area is 233 Å². The number of fused-ring (bicyclic) bond motifs is 7. The monoisotopic (exact) mass is 526 g/mol. The normalized spacial score (nSPS) is 19.8. The molecule has 4 nitrogen and oxygen atoms in total. The molecule has 5 heteroatoms. The molecule has 1 aliphatic heterocycles. The predicted molar refractivity (Wildman–Crippen MR) is 164 cm³/mol. The van der Waals surface area contributed by atoms with Crippen LogP contribution in [0.4, 0.5) is 0 Å². The second kappa shape index (κ2) is 8.12. The smallest absolute Gasteiger partial charge is 0.456 e. The summed E-state index contributed by atoms with van der Waals surface area (Å²) in [5.74, 6) is 1.40. The van der Waals surface area contributed by atoms with Gasteiger partial charge in [-0.2, -0.15) is 0 Å². The lowest BCUT2D eigenvalue weighted by Gasteiger charge is -2.32. The average Bonchev–Trinajstić information content (AvgIpc) is 3.54. The first-order valence-corrected chi connectivity index (χ1v) is 14.2. The lowest BCUT2D eigenvalue weighted by molar-refractivity contribution is 0.00578. The van der Waals surface area contributed by atoms with Crippen LogP contribution in [0, 0.1) is 5.92 Å². The van der Waals surface area contributed by atoms with E-state index in [1.54, 1.807) is 0 Å². The van der Waals surface area contributed by atoms with Gasteiger partial charge in [-0.05, 0) is 104 Å². The molecule has 0 bridgehead atoms. The third-order valence-corrected chi connectivity index (χ3v) is 9.22. The molecule has 0 radical (unpaired) electrons. The molecule has 2 aliphatic rings. The van der Waals surface area contributed by atoms with E-state index in [0.29, 0.717) is 5.92 Å². The maximum atomic E-state index is 6.48. The zero-order valence-electron chi connectivity index (χ0n) is 23.5. The van der Waals surface area contributed by atoms with E-state index in [1.807, 2.05) is 0 Å². The van der Waals surface area contributed by atoms with Crippen LogP contribution in [0.15, 0.2) is 81.6 Å². The number of allylic oxidation sites excluding steroid dienone is 1. The van der Waals surface area contributed by atoms with E-state index in [1.165, 1.54) is 21.7 Å². The van der Waals surface area contributed by atoms with Crippen LogP contribution in [0.2, 0.25) is 0 Å². The van der Waals surface area contributed by atoms with Crippen molar-refractivity contribution in [3.05, 3.63) is 84.1 Å². The van der Waals surface area contributed by atoms with E-state index in [9.17, 15) is 0 Å². The second-order valence-electron chi connectivity index (χ2n) is 12.5. The lowest BCUT2D eigenvalue weighted by atomic mass is 9.76. The van der Waals surface area contributed by atoms with Crippen LogP contribution in [0.5, 0.6) is 0 Å². The molecule has 8 rings (SSSR count). The van der Waals surface area contributed by atoms with Crippen LogP contribution in [-0.4, -0.2) is 18.3 Å². The molecular weight excluding hydrogens is 495 g/mol. The first-order chi connectivity index (χ1) is 19.2. The summed E-state index contributed by atoms with van der Waals surface area (Å²) in [4.78, 5) is 0. The Bertz CT molecular complexity index is 2010. The van der Waals surface area contributed by atoms with Crippen molar-refractivity contribution in [3.8, 4) is 11.1 Å². The zero-order valence-corrected chi connectivity index (χ0v) is 23.5. The summed E-state index contributed by atoms with van der Waals surface area (Å²) in [6.45, 7) is 10.6. The van der Waals surface area contributed by atoms with Gasteiger partial charge >= 0.3 is 7.12 Å². The van der Waals surface area contributed by atoms with E-state index in [4.69, 9.17) is 18.1 Å². The Kier molecular flexibility index (Phi) is 4.88. The molecule has 2 aromatic heterocycles. The molecule has 40 heavy (non-hydrogen) atoms. The molecule has 0 saturated carbocycles. The molecule has 198 valence electrons. The Morgan fingerprint density at radius 1 is 0.750 bits per heavy atom. The fourth-order valence-electron chi connectivity index (χ4n) is 6.28. The zero-order chi connectivity index (χ0) is 27.4. The van der Waals surface area contributed by atoms with Gasteiger partial charge < -0.3 is 18.1 Å². The van der Waals surface area contributed by atoms with Crippen molar-refractivity contribution < 1.29 is 18.1 Å². The third-order valence-electron chi connectivity index (χ3n) is 9.22. The van der Waals surface area contributed by atoms with Gasteiger partial charge in [-0.15, -0.1) is 0 Å². The summed E-state index contributed by atoms with van der Waals surface area (Å²) in [5, 5.41) is 5.79. The second-order valence-corrected chi connectivity index (χ2v) is 12.5. The summed E-state index contributed by atoms with van der Waals surface area (Å²) in [5.41, 5.74) is 6.30. The highest BCUT2D eigenvalue weighted by atomic mass is 16.7. The Hall–Kier alpha value is -3.80. The molecule has 1 aliphatic carbocycles. The molecule has 1 atom stereocenters. The summed E-state index contributed by atoms with van der Waals surface area (Å²) in [6.07, 6.45) is 5.30. The molecule has 1 unspecified atom stereocenters. The highest BCUT2D eigenvalue weighted by molar-refractivity contribution is 6.62. The van der Waals surface area contributed by atoms with Crippen molar-refractivity contribution in [2.24, 2.45) is 5.92 Å². The van der Waals surface area contributed by atoms with Gasteiger partial charge in [0.2, 0.25) is 0 Å². The fraction of sp³-hybridized carbons (Fsp3) is 0.257. The van der Waals surface area contributed by atoms with Crippen molar-refractivity contribution >= 4 is 62.3 Å². The van der Waals surface area contributed by atoms with Crippen molar-refractivity contribution in [3.63, 3.8) is 0 Å². The minimum atomic E-state index is -0.477. The molecule has 1 saturated heterocycles. The Morgan fingerprint density at radius 3 is 2.25 bits per heavy atom. The highest BCUT2D eigenvalue weighted by Crippen LogP contribution is 2.42. The molecule has 0 amide bonds. The van der Waals surface area contributed by atoms with Gasteiger partial charge in [0.15, 0.2) is 0 Å². The number of furan rings is 2. The Morgan fingerprint density at radius 2 is 1.48 bits per heavy atom. The topological polar surface area (TPSA) is 44.7 Å². The molecule has 4 aromatic carbocycles. The fourth-order valence-corrected chi connectivity index (χ4v) is 6.28. The van der Waals surface area contributed by atoms with Gasteiger partial charge in [0.1, 0.15) is 22.5 Å². The van der Waals surface area contributed by atoms with Crippen molar-refractivity contribution in [1.82, 2.24) is 0 Å². The minimum absolute atomic E-state index is 0.426. The highest BCUT2D eigenvalue weighted by Gasteiger charge is 2.52. The van der Waals surface area contributed by atoms with Crippen molar-refractivity contribution in [1.29, 1.82) is 0 Å². The maximum absolute atomic E-state index is 6.48. The van der Waals surface area contributed by atoms with Gasteiger partial charge in [-0.25, -0.2) is 0 Å². The molecule has 0 N–H and O–H groups in total. The summed E-state index contributed by atoms with van der Waals surface area (Å²) >= 11 is 0. The van der Waals surface area contributed by atoms with Crippen LogP contribution in [0.3, 0.4) is 0 Å². The van der Waals surface area contributed by atoms with Gasteiger partial charge in [0.25, 0.3) is 0 Å². The Balaban J connectivity index is 1.37. The van der Waals surface area contributed by atoms with E-state index in [2.05, 4.69) is 114 Å². The number of benzene rings is 4. The third kappa shape index (κ3) is 3.47. The number of rotatable bonds is 2. The molecule has 3 heterocycles. The van der Waals surface area contributed by atoms with Crippen LogP contribution in [-0.2, 0) is 15.7 Å². The van der Waals surface area contributed by atoms with Gasteiger partial charge in [-0.3, -0.25) is 0 Å². The lowest BCUT2D eigenvalue weighted by Crippen LogP contribution is -2.41. The van der Waals surface area contributed by atoms with Gasteiger partial charge in [0, 0.05) is 21.7 Å². The first kappa shape index (κ1) is 24.0. The maximum Gasteiger partial charge on any atom is 0.494 e. The van der Waals surface area contributed by atoms with Gasteiger partial charge in [0.05, 0.1) is 11.2 Å². The average molecular weight is 526 g/mol. The van der Waals surface area contributed by atoms with E-state index >= 15 is 0 Å². The standard InChI is InChI=1S/C35H31BO4/c1-20-10-12-30-28(14-20)33-25(18-24(19-32(33)38-30)36-39-34(2,3)35(4,5)40-36)23-11-13-29-26(16-23)27-15-21-8-6-7-9-22(21)17-31(27)37-29/h6-13,15-20H,14H2,1-5H3. The van der Waals surface area contributed by atoms with Crippen molar-refractivity contribution in [2.75, 3.05) is 0 Å². The molecule has 1 fully saturated rings. The van der Waals surface area contributed by atoms with Crippen molar-refractivity contribution in [2.45, 2.75) is 52.2 Å². The summed E-state index contributed by atoms with van der Waals surface area (Å²) < 4.78 is 25.7. The van der Waals surface area contributed by atoms with Crippen LogP contribution in [0.25, 0.3) is 60.9 Å². The molecule has 0 spiro atoms. The molecular formula is C35H31BO4. The first-order valence-electron chi connectivity index (χ1n) is 14.2. The van der Waals surface area contributed by atoms with E-state index in [0.717, 1.165) is 56.3 Å². The quantitative estimate of drug-likeness (QED) is 0.212. The molecule has 6 aromatic rings. The summed E-state index contributed by atoms with van der Waals surface area (Å²) in [7, 11) is -0.477. The minimum Gasteiger partial charge on any atom is -0.456 e. The number of hydrogen-bond donors (Lipinski definition) is 0. The van der Waals surface area contributed by atoms with E-state index < -0.39 is 18.3 Å². The largest absolute Gasteiger partial charge is 0.494 e. The number of hydrogen-bond acceptors (Lipinski definition) is 4. The predicted octanol–water partition coefficient (Wildman–Crippen LogP) is 8.66. The van der Waals surface area contributed by atoms with Gasteiger partial charge in [-0.1, -0.05) is 49.4 Å². The van der Waals surface area contributed by atoms with Crippen LogP contribution >= 0.6 is 0 Å².